The molecule has 0 radical (unpaired) electrons. The highest BCUT2D eigenvalue weighted by Gasteiger charge is 2.31. The predicted octanol–water partition coefficient (Wildman–Crippen LogP) is 3.82. The molecule has 0 N–H and O–H groups in total. The summed E-state index contributed by atoms with van der Waals surface area (Å²) in [4.78, 5) is 8.50. The van der Waals surface area contributed by atoms with Crippen LogP contribution in [0.4, 0.5) is 4.39 Å². The van der Waals surface area contributed by atoms with Crippen molar-refractivity contribution >= 4 is 0 Å². The number of ether oxygens (including phenoxy) is 1. The molecule has 0 spiro atoms. The third kappa shape index (κ3) is 3.20. The van der Waals surface area contributed by atoms with Crippen LogP contribution in [0.5, 0.6) is 0 Å². The molecule has 0 saturated carbocycles. The maximum absolute atomic E-state index is 14.4. The number of hydrogen-bond donors (Lipinski definition) is 0. The van der Waals surface area contributed by atoms with E-state index in [4.69, 9.17) is 4.74 Å². The summed E-state index contributed by atoms with van der Waals surface area (Å²) in [6.07, 6.45) is 8.19. The van der Waals surface area contributed by atoms with Crippen molar-refractivity contribution in [2.75, 3.05) is 13.2 Å². The second-order valence-corrected chi connectivity index (χ2v) is 6.57. The van der Waals surface area contributed by atoms with Crippen LogP contribution < -0.4 is 0 Å². The SMILES string of the molecule is Cc1ccc(F)c(-c2nccn2[C@@H]2COC[C@@H]2Cc2ccncc2)c1. The van der Waals surface area contributed by atoms with Crippen LogP contribution in [0.3, 0.4) is 0 Å². The standard InChI is InChI=1S/C20H20FN3O/c1-14-2-3-18(21)17(10-14)20-23-8-9-24(20)19-13-25-12-16(19)11-15-4-6-22-7-5-15/h2-10,16,19H,11-13H2,1H3/t16-,19+/m0/s1. The Kier molecular flexibility index (Phi) is 4.32. The Balaban J connectivity index is 1.66. The first kappa shape index (κ1) is 16.0. The van der Waals surface area contributed by atoms with E-state index in [-0.39, 0.29) is 11.9 Å². The van der Waals surface area contributed by atoms with Gasteiger partial charge in [0.25, 0.3) is 0 Å². The molecule has 5 heteroatoms. The smallest absolute Gasteiger partial charge is 0.143 e. The molecule has 0 amide bonds. The van der Waals surface area contributed by atoms with Crippen molar-refractivity contribution in [3.8, 4) is 11.4 Å². The molecule has 2 aromatic heterocycles. The number of pyridine rings is 1. The average molecular weight is 337 g/mol. The molecular formula is C20H20FN3O. The Morgan fingerprint density at radius 1 is 1.16 bits per heavy atom. The minimum Gasteiger partial charge on any atom is -0.379 e. The van der Waals surface area contributed by atoms with Crippen molar-refractivity contribution in [3.63, 3.8) is 0 Å². The van der Waals surface area contributed by atoms with Gasteiger partial charge in [-0.05, 0) is 43.2 Å². The van der Waals surface area contributed by atoms with Crippen molar-refractivity contribution < 1.29 is 9.13 Å². The van der Waals surface area contributed by atoms with Crippen molar-refractivity contribution in [1.82, 2.24) is 14.5 Å². The molecule has 0 unspecified atom stereocenters. The van der Waals surface area contributed by atoms with Crippen molar-refractivity contribution in [2.24, 2.45) is 5.92 Å². The minimum atomic E-state index is -0.248. The summed E-state index contributed by atoms with van der Waals surface area (Å²) in [5.74, 6) is 0.738. The van der Waals surface area contributed by atoms with Gasteiger partial charge in [-0.25, -0.2) is 9.37 Å². The molecule has 2 atom stereocenters. The number of imidazole rings is 1. The Morgan fingerprint density at radius 3 is 2.84 bits per heavy atom. The van der Waals surface area contributed by atoms with E-state index < -0.39 is 0 Å². The number of hydrogen-bond acceptors (Lipinski definition) is 3. The first-order chi connectivity index (χ1) is 12.2. The Bertz CT molecular complexity index is 862. The molecule has 1 fully saturated rings. The Morgan fingerprint density at radius 2 is 2.00 bits per heavy atom. The van der Waals surface area contributed by atoms with Crippen molar-refractivity contribution in [1.29, 1.82) is 0 Å². The van der Waals surface area contributed by atoms with Crippen LogP contribution in [0.25, 0.3) is 11.4 Å². The fourth-order valence-corrected chi connectivity index (χ4v) is 3.51. The molecule has 3 aromatic rings. The van der Waals surface area contributed by atoms with E-state index in [0.717, 1.165) is 12.0 Å². The van der Waals surface area contributed by atoms with Crippen LogP contribution >= 0.6 is 0 Å². The summed E-state index contributed by atoms with van der Waals surface area (Å²) < 4.78 is 22.2. The summed E-state index contributed by atoms with van der Waals surface area (Å²) in [6.45, 7) is 3.27. The first-order valence-corrected chi connectivity index (χ1v) is 8.48. The van der Waals surface area contributed by atoms with Gasteiger partial charge in [0.05, 0.1) is 24.8 Å². The number of aryl methyl sites for hydroxylation is 1. The lowest BCUT2D eigenvalue weighted by Gasteiger charge is -2.21. The zero-order valence-electron chi connectivity index (χ0n) is 14.1. The highest BCUT2D eigenvalue weighted by atomic mass is 19.1. The molecule has 0 bridgehead atoms. The molecule has 0 aliphatic carbocycles. The van der Waals surface area contributed by atoms with Crippen molar-refractivity contribution in [2.45, 2.75) is 19.4 Å². The fourth-order valence-electron chi connectivity index (χ4n) is 3.51. The third-order valence-electron chi connectivity index (χ3n) is 4.80. The summed E-state index contributed by atoms with van der Waals surface area (Å²) in [5, 5.41) is 0. The monoisotopic (exact) mass is 337 g/mol. The van der Waals surface area contributed by atoms with Gasteiger partial charge < -0.3 is 9.30 Å². The third-order valence-corrected chi connectivity index (χ3v) is 4.80. The van der Waals surface area contributed by atoms with Crippen LogP contribution in [-0.4, -0.2) is 27.7 Å². The van der Waals surface area contributed by atoms with Gasteiger partial charge in [0.1, 0.15) is 11.6 Å². The zero-order valence-corrected chi connectivity index (χ0v) is 14.1. The highest BCUT2D eigenvalue weighted by molar-refractivity contribution is 5.58. The molecule has 3 heterocycles. The molecule has 128 valence electrons. The molecule has 4 rings (SSSR count). The Hall–Kier alpha value is -2.53. The number of benzene rings is 1. The zero-order chi connectivity index (χ0) is 17.2. The van der Waals surface area contributed by atoms with Gasteiger partial charge in [-0.3, -0.25) is 4.98 Å². The summed E-state index contributed by atoms with van der Waals surface area (Å²) in [6, 6.07) is 9.34. The second kappa shape index (κ2) is 6.76. The molecule has 1 aliphatic rings. The van der Waals surface area contributed by atoms with Crippen LogP contribution in [0, 0.1) is 18.7 Å². The number of rotatable bonds is 4. The predicted molar refractivity (Wildman–Crippen MR) is 93.6 cm³/mol. The molecule has 1 aliphatic heterocycles. The number of halogens is 1. The largest absolute Gasteiger partial charge is 0.379 e. The maximum Gasteiger partial charge on any atom is 0.143 e. The number of aromatic nitrogens is 3. The summed E-state index contributed by atoms with van der Waals surface area (Å²) in [7, 11) is 0. The molecule has 1 saturated heterocycles. The summed E-state index contributed by atoms with van der Waals surface area (Å²) >= 11 is 0. The first-order valence-electron chi connectivity index (χ1n) is 8.48. The van der Waals surface area contributed by atoms with Gasteiger partial charge in [-0.2, -0.15) is 0 Å². The lowest BCUT2D eigenvalue weighted by atomic mass is 9.95. The van der Waals surface area contributed by atoms with E-state index in [1.54, 1.807) is 12.3 Å². The van der Waals surface area contributed by atoms with E-state index in [2.05, 4.69) is 14.5 Å². The molecule has 25 heavy (non-hydrogen) atoms. The van der Waals surface area contributed by atoms with Crippen LogP contribution in [0.15, 0.2) is 55.1 Å². The van der Waals surface area contributed by atoms with Gasteiger partial charge >= 0.3 is 0 Å². The van der Waals surface area contributed by atoms with Crippen molar-refractivity contribution in [3.05, 3.63) is 72.1 Å². The van der Waals surface area contributed by atoms with Gasteiger partial charge in [0.2, 0.25) is 0 Å². The van der Waals surface area contributed by atoms with Gasteiger partial charge in [0, 0.05) is 30.7 Å². The van der Waals surface area contributed by atoms with E-state index in [1.165, 1.54) is 11.6 Å². The summed E-state index contributed by atoms with van der Waals surface area (Å²) in [5.41, 5.74) is 2.79. The molecular weight excluding hydrogens is 317 g/mol. The average Bonchev–Trinajstić information content (AvgIpc) is 3.27. The molecule has 1 aromatic carbocycles. The lowest BCUT2D eigenvalue weighted by Crippen LogP contribution is -2.20. The van der Waals surface area contributed by atoms with E-state index in [0.29, 0.717) is 30.5 Å². The second-order valence-electron chi connectivity index (χ2n) is 6.57. The highest BCUT2D eigenvalue weighted by Crippen LogP contribution is 2.33. The van der Waals surface area contributed by atoms with Crippen LogP contribution in [-0.2, 0) is 11.2 Å². The van der Waals surface area contributed by atoms with Gasteiger partial charge in [-0.1, -0.05) is 11.6 Å². The minimum absolute atomic E-state index is 0.144. The van der Waals surface area contributed by atoms with E-state index in [1.807, 2.05) is 43.7 Å². The maximum atomic E-state index is 14.4. The fraction of sp³-hybridized carbons (Fsp3) is 0.300. The Labute approximate surface area is 146 Å². The quantitative estimate of drug-likeness (QED) is 0.726. The van der Waals surface area contributed by atoms with E-state index in [9.17, 15) is 4.39 Å². The lowest BCUT2D eigenvalue weighted by molar-refractivity contribution is 0.181. The topological polar surface area (TPSA) is 39.9 Å². The van der Waals surface area contributed by atoms with Crippen LogP contribution in [0.2, 0.25) is 0 Å². The van der Waals surface area contributed by atoms with Gasteiger partial charge in [-0.15, -0.1) is 0 Å². The normalized spacial score (nSPS) is 20.1. The van der Waals surface area contributed by atoms with Gasteiger partial charge in [0.15, 0.2) is 0 Å². The number of nitrogens with zero attached hydrogens (tertiary/aromatic N) is 3. The van der Waals surface area contributed by atoms with E-state index >= 15 is 0 Å². The molecule has 4 nitrogen and oxygen atoms in total. The van der Waals surface area contributed by atoms with Crippen LogP contribution in [0.1, 0.15) is 17.2 Å².